The lowest BCUT2D eigenvalue weighted by Crippen LogP contribution is -2.07. The standard InChI is InChI=1S/C18H24O4/c1-6-7-11-8-12-10(2)15-13(16(12)22-11)9-14(19-3)17(20-4)18(15)21-5/h9,11-12,16H,2,6-8H2,1,3-5H3/t11-,12-,16-/m0/s1. The van der Waals surface area contributed by atoms with E-state index in [9.17, 15) is 0 Å². The molecule has 0 spiro atoms. The molecule has 4 heteroatoms. The second-order valence-corrected chi connectivity index (χ2v) is 5.94. The highest BCUT2D eigenvalue weighted by atomic mass is 16.5. The van der Waals surface area contributed by atoms with Crippen LogP contribution >= 0.6 is 0 Å². The van der Waals surface area contributed by atoms with Gasteiger partial charge in [0.2, 0.25) is 5.75 Å². The summed E-state index contributed by atoms with van der Waals surface area (Å²) in [4.78, 5) is 0. The van der Waals surface area contributed by atoms with Gasteiger partial charge >= 0.3 is 0 Å². The lowest BCUT2D eigenvalue weighted by atomic mass is 9.95. The third-order valence-corrected chi connectivity index (χ3v) is 4.77. The maximum atomic E-state index is 6.28. The minimum atomic E-state index is 0.0627. The van der Waals surface area contributed by atoms with Crippen molar-refractivity contribution in [3.8, 4) is 17.2 Å². The van der Waals surface area contributed by atoms with Crippen molar-refractivity contribution in [3.63, 3.8) is 0 Å². The van der Waals surface area contributed by atoms with Gasteiger partial charge in [0.05, 0.1) is 33.5 Å². The Morgan fingerprint density at radius 3 is 2.50 bits per heavy atom. The predicted molar refractivity (Wildman–Crippen MR) is 85.8 cm³/mol. The average Bonchev–Trinajstić information content (AvgIpc) is 3.05. The summed E-state index contributed by atoms with van der Waals surface area (Å²) in [6, 6.07) is 2.01. The van der Waals surface area contributed by atoms with Crippen LogP contribution in [0.15, 0.2) is 12.6 Å². The minimum absolute atomic E-state index is 0.0627. The molecule has 0 aromatic heterocycles. The zero-order valence-electron chi connectivity index (χ0n) is 13.8. The van der Waals surface area contributed by atoms with E-state index in [1.807, 2.05) is 6.07 Å². The number of benzene rings is 1. The predicted octanol–water partition coefficient (Wildman–Crippen LogP) is 3.99. The van der Waals surface area contributed by atoms with Crippen molar-refractivity contribution in [1.29, 1.82) is 0 Å². The molecule has 120 valence electrons. The highest BCUT2D eigenvalue weighted by molar-refractivity contribution is 5.82. The Morgan fingerprint density at radius 2 is 1.91 bits per heavy atom. The van der Waals surface area contributed by atoms with Crippen molar-refractivity contribution in [2.24, 2.45) is 5.92 Å². The summed E-state index contributed by atoms with van der Waals surface area (Å²) < 4.78 is 22.8. The molecular weight excluding hydrogens is 280 g/mol. The molecule has 1 fully saturated rings. The van der Waals surface area contributed by atoms with E-state index in [0.717, 1.165) is 36.0 Å². The smallest absolute Gasteiger partial charge is 0.203 e. The monoisotopic (exact) mass is 304 g/mol. The summed E-state index contributed by atoms with van der Waals surface area (Å²) in [6.07, 6.45) is 3.65. The summed E-state index contributed by atoms with van der Waals surface area (Å²) in [6.45, 7) is 6.51. The van der Waals surface area contributed by atoms with Gasteiger partial charge in [-0.3, -0.25) is 0 Å². The number of hydrogen-bond acceptors (Lipinski definition) is 4. The summed E-state index contributed by atoms with van der Waals surface area (Å²) >= 11 is 0. The van der Waals surface area contributed by atoms with E-state index in [0.29, 0.717) is 29.3 Å². The van der Waals surface area contributed by atoms with Crippen LogP contribution in [0.5, 0.6) is 17.2 Å². The molecule has 0 saturated carbocycles. The van der Waals surface area contributed by atoms with Crippen LogP contribution in [0.2, 0.25) is 0 Å². The van der Waals surface area contributed by atoms with Crippen molar-refractivity contribution in [1.82, 2.24) is 0 Å². The molecule has 1 aromatic rings. The molecule has 1 saturated heterocycles. The Morgan fingerprint density at radius 1 is 1.18 bits per heavy atom. The molecule has 3 atom stereocenters. The van der Waals surface area contributed by atoms with E-state index < -0.39 is 0 Å². The van der Waals surface area contributed by atoms with E-state index in [1.54, 1.807) is 21.3 Å². The number of rotatable bonds is 5. The normalized spacial score (nSPS) is 25.8. The van der Waals surface area contributed by atoms with Gasteiger partial charge in [0.15, 0.2) is 11.5 Å². The second-order valence-electron chi connectivity index (χ2n) is 5.94. The van der Waals surface area contributed by atoms with Gasteiger partial charge in [0.1, 0.15) is 0 Å². The summed E-state index contributed by atoms with van der Waals surface area (Å²) in [7, 11) is 4.92. The molecule has 22 heavy (non-hydrogen) atoms. The van der Waals surface area contributed by atoms with Crippen molar-refractivity contribution in [2.45, 2.75) is 38.4 Å². The lowest BCUT2D eigenvalue weighted by Gasteiger charge is -2.19. The van der Waals surface area contributed by atoms with Gasteiger partial charge in [0, 0.05) is 11.5 Å². The highest BCUT2D eigenvalue weighted by Crippen LogP contribution is 2.59. The molecule has 3 rings (SSSR count). The first-order valence-corrected chi connectivity index (χ1v) is 7.83. The largest absolute Gasteiger partial charge is 0.493 e. The lowest BCUT2D eigenvalue weighted by molar-refractivity contribution is 0.0364. The van der Waals surface area contributed by atoms with Crippen molar-refractivity contribution < 1.29 is 18.9 Å². The number of hydrogen-bond donors (Lipinski definition) is 0. The fraction of sp³-hybridized carbons (Fsp3) is 0.556. The van der Waals surface area contributed by atoms with E-state index in [4.69, 9.17) is 18.9 Å². The van der Waals surface area contributed by atoms with Gasteiger partial charge in [-0.05, 0) is 30.0 Å². The summed E-state index contributed by atoms with van der Waals surface area (Å²) in [5, 5.41) is 0. The van der Waals surface area contributed by atoms with Crippen LogP contribution in [0.1, 0.15) is 43.4 Å². The molecule has 1 aromatic carbocycles. The molecule has 0 bridgehead atoms. The minimum Gasteiger partial charge on any atom is -0.493 e. The van der Waals surface area contributed by atoms with E-state index in [-0.39, 0.29) is 6.10 Å². The molecule has 1 aliphatic carbocycles. The van der Waals surface area contributed by atoms with Gasteiger partial charge in [-0.1, -0.05) is 19.9 Å². The number of fused-ring (bicyclic) bond motifs is 3. The van der Waals surface area contributed by atoms with Crippen molar-refractivity contribution in [2.75, 3.05) is 21.3 Å². The van der Waals surface area contributed by atoms with Crippen molar-refractivity contribution >= 4 is 5.57 Å². The van der Waals surface area contributed by atoms with Crippen LogP contribution in [-0.4, -0.2) is 27.4 Å². The van der Waals surface area contributed by atoms with Crippen LogP contribution < -0.4 is 14.2 Å². The molecule has 0 N–H and O–H groups in total. The van der Waals surface area contributed by atoms with Crippen molar-refractivity contribution in [3.05, 3.63) is 23.8 Å². The maximum Gasteiger partial charge on any atom is 0.203 e. The molecule has 0 amide bonds. The number of methoxy groups -OCH3 is 3. The Bertz CT molecular complexity index is 593. The molecule has 2 aliphatic rings. The van der Waals surface area contributed by atoms with E-state index in [1.165, 1.54) is 0 Å². The third-order valence-electron chi connectivity index (χ3n) is 4.77. The quantitative estimate of drug-likeness (QED) is 0.824. The van der Waals surface area contributed by atoms with Gasteiger partial charge < -0.3 is 18.9 Å². The first kappa shape index (κ1) is 15.2. The first-order chi connectivity index (χ1) is 10.7. The second kappa shape index (κ2) is 5.84. The third kappa shape index (κ3) is 2.09. The van der Waals surface area contributed by atoms with Gasteiger partial charge in [-0.25, -0.2) is 0 Å². The maximum absolute atomic E-state index is 6.28. The van der Waals surface area contributed by atoms with Gasteiger partial charge in [0.25, 0.3) is 0 Å². The van der Waals surface area contributed by atoms with Gasteiger partial charge in [-0.15, -0.1) is 0 Å². The van der Waals surface area contributed by atoms with Crippen LogP contribution in [0.4, 0.5) is 0 Å². The summed E-state index contributed by atoms with van der Waals surface area (Å²) in [5.74, 6) is 2.33. The molecule has 0 radical (unpaired) electrons. The van der Waals surface area contributed by atoms with Crippen LogP contribution in [-0.2, 0) is 4.74 Å². The van der Waals surface area contributed by atoms with Gasteiger partial charge in [-0.2, -0.15) is 0 Å². The van der Waals surface area contributed by atoms with Crippen LogP contribution in [0.3, 0.4) is 0 Å². The number of ether oxygens (including phenoxy) is 4. The Hall–Kier alpha value is -1.68. The fourth-order valence-electron chi connectivity index (χ4n) is 3.80. The average molecular weight is 304 g/mol. The Kier molecular flexibility index (Phi) is 4.04. The summed E-state index contributed by atoms with van der Waals surface area (Å²) in [5.41, 5.74) is 3.24. The molecule has 1 heterocycles. The zero-order chi connectivity index (χ0) is 15.9. The Balaban J connectivity index is 2.08. The topological polar surface area (TPSA) is 36.9 Å². The first-order valence-electron chi connectivity index (χ1n) is 7.83. The Labute approximate surface area is 132 Å². The zero-order valence-corrected chi connectivity index (χ0v) is 13.8. The molecule has 1 aliphatic heterocycles. The highest BCUT2D eigenvalue weighted by Gasteiger charge is 2.46. The van der Waals surface area contributed by atoms with E-state index >= 15 is 0 Å². The SMILES string of the molecule is C=C1c2c(cc(OC)c(OC)c2OC)[C@H]2O[C@@H](CCC)C[C@@H]12. The molecule has 4 nitrogen and oxygen atoms in total. The van der Waals surface area contributed by atoms with E-state index in [2.05, 4.69) is 13.5 Å². The van der Waals surface area contributed by atoms with Crippen LogP contribution in [0.25, 0.3) is 5.57 Å². The molecule has 0 unspecified atom stereocenters. The fourth-order valence-corrected chi connectivity index (χ4v) is 3.80. The van der Waals surface area contributed by atoms with Crippen LogP contribution in [0, 0.1) is 5.92 Å². The molecular formula is C18H24O4.